The van der Waals surface area contributed by atoms with Crippen molar-refractivity contribution in [1.29, 1.82) is 0 Å². The van der Waals surface area contributed by atoms with Crippen LogP contribution in [-0.4, -0.2) is 26.2 Å². The average Bonchev–Trinajstić information content (AvgIpc) is 2.99. The molecule has 1 unspecified atom stereocenters. The van der Waals surface area contributed by atoms with Gasteiger partial charge in [0.15, 0.2) is 11.5 Å². The van der Waals surface area contributed by atoms with Crippen LogP contribution in [0.5, 0.6) is 11.5 Å². The fourth-order valence-electron chi connectivity index (χ4n) is 2.24. The molecule has 1 atom stereocenters. The molecule has 0 N–H and O–H groups in total. The number of carbonyl (C=O) groups is 2. The first-order chi connectivity index (χ1) is 10.1. The molecule has 21 heavy (non-hydrogen) atoms. The van der Waals surface area contributed by atoms with Crippen LogP contribution < -0.4 is 9.47 Å². The van der Waals surface area contributed by atoms with Gasteiger partial charge in [0.25, 0.3) is 0 Å². The predicted octanol–water partition coefficient (Wildman–Crippen LogP) is 2.74. The number of methoxy groups -OCH3 is 2. The molecule has 0 aromatic heterocycles. The summed E-state index contributed by atoms with van der Waals surface area (Å²) in [6.45, 7) is 0. The summed E-state index contributed by atoms with van der Waals surface area (Å²) in [4.78, 5) is 23.4. The highest BCUT2D eigenvalue weighted by atomic mass is 16.6. The largest absolute Gasteiger partial charge is 0.493 e. The quantitative estimate of drug-likeness (QED) is 0.474. The molecule has 0 spiro atoms. The van der Waals surface area contributed by atoms with Crippen LogP contribution in [0.15, 0.2) is 30.4 Å². The zero-order valence-electron chi connectivity index (χ0n) is 12.1. The Balaban J connectivity index is 2.06. The van der Waals surface area contributed by atoms with Gasteiger partial charge in [0.2, 0.25) is 0 Å². The minimum atomic E-state index is -0.470. The van der Waals surface area contributed by atoms with Gasteiger partial charge in [-0.15, -0.1) is 0 Å². The van der Waals surface area contributed by atoms with E-state index in [-0.39, 0.29) is 11.9 Å². The van der Waals surface area contributed by atoms with Crippen molar-refractivity contribution in [3.63, 3.8) is 0 Å². The number of ether oxygens (including phenoxy) is 3. The first kappa shape index (κ1) is 15.1. The SMILES string of the molecule is COC(=O)c1ccc(OC(=O)CC2C=CCC2)c(OC)c1. The van der Waals surface area contributed by atoms with Gasteiger partial charge in [-0.25, -0.2) is 4.79 Å². The number of esters is 2. The average molecular weight is 290 g/mol. The van der Waals surface area contributed by atoms with Crippen LogP contribution in [-0.2, 0) is 9.53 Å². The van der Waals surface area contributed by atoms with Crippen molar-refractivity contribution in [3.8, 4) is 11.5 Å². The summed E-state index contributed by atoms with van der Waals surface area (Å²) in [5.74, 6) is 0.0983. The molecule has 1 aliphatic rings. The lowest BCUT2D eigenvalue weighted by atomic mass is 10.1. The number of hydrogen-bond donors (Lipinski definition) is 0. The molecule has 0 saturated heterocycles. The maximum atomic E-state index is 11.9. The van der Waals surface area contributed by atoms with E-state index < -0.39 is 5.97 Å². The Morgan fingerprint density at radius 2 is 2.05 bits per heavy atom. The Hall–Kier alpha value is -2.30. The molecule has 0 bridgehead atoms. The lowest BCUT2D eigenvalue weighted by Crippen LogP contribution is -2.13. The Labute approximate surface area is 123 Å². The summed E-state index contributed by atoms with van der Waals surface area (Å²) in [5.41, 5.74) is 0.341. The Morgan fingerprint density at radius 3 is 2.67 bits per heavy atom. The fraction of sp³-hybridized carbons (Fsp3) is 0.375. The molecule has 5 heteroatoms. The third-order valence-corrected chi connectivity index (χ3v) is 3.35. The van der Waals surface area contributed by atoms with E-state index in [2.05, 4.69) is 10.8 Å². The van der Waals surface area contributed by atoms with Gasteiger partial charge < -0.3 is 14.2 Å². The lowest BCUT2D eigenvalue weighted by Gasteiger charge is -2.11. The normalized spacial score (nSPS) is 16.6. The van der Waals surface area contributed by atoms with Crippen molar-refractivity contribution in [2.45, 2.75) is 19.3 Å². The van der Waals surface area contributed by atoms with E-state index in [0.29, 0.717) is 23.5 Å². The topological polar surface area (TPSA) is 61.8 Å². The van der Waals surface area contributed by atoms with Gasteiger partial charge in [-0.05, 0) is 37.0 Å². The minimum absolute atomic E-state index is 0.248. The van der Waals surface area contributed by atoms with Crippen molar-refractivity contribution >= 4 is 11.9 Å². The summed E-state index contributed by atoms with van der Waals surface area (Å²) in [6, 6.07) is 4.56. The van der Waals surface area contributed by atoms with Crippen LogP contribution in [0.2, 0.25) is 0 Å². The van der Waals surface area contributed by atoms with E-state index >= 15 is 0 Å². The van der Waals surface area contributed by atoms with Crippen LogP contribution in [0.4, 0.5) is 0 Å². The summed E-state index contributed by atoms with van der Waals surface area (Å²) in [6.07, 6.45) is 6.45. The zero-order chi connectivity index (χ0) is 15.2. The summed E-state index contributed by atoms with van der Waals surface area (Å²) in [7, 11) is 2.76. The Bertz CT molecular complexity index is 562. The minimum Gasteiger partial charge on any atom is -0.493 e. The zero-order valence-corrected chi connectivity index (χ0v) is 12.1. The van der Waals surface area contributed by atoms with Crippen LogP contribution in [0.1, 0.15) is 29.6 Å². The van der Waals surface area contributed by atoms with Crippen LogP contribution >= 0.6 is 0 Å². The first-order valence-electron chi connectivity index (χ1n) is 6.77. The molecular weight excluding hydrogens is 272 g/mol. The van der Waals surface area contributed by atoms with E-state index in [4.69, 9.17) is 9.47 Å². The summed E-state index contributed by atoms with van der Waals surface area (Å²) in [5, 5.41) is 0. The fourth-order valence-corrected chi connectivity index (χ4v) is 2.24. The maximum Gasteiger partial charge on any atom is 0.337 e. The van der Waals surface area contributed by atoms with E-state index in [0.717, 1.165) is 12.8 Å². The van der Waals surface area contributed by atoms with E-state index in [9.17, 15) is 9.59 Å². The van der Waals surface area contributed by atoms with Gasteiger partial charge in [0.05, 0.1) is 26.2 Å². The Morgan fingerprint density at radius 1 is 1.24 bits per heavy atom. The third-order valence-electron chi connectivity index (χ3n) is 3.35. The maximum absolute atomic E-state index is 11.9. The molecule has 1 aliphatic carbocycles. The molecule has 112 valence electrons. The van der Waals surface area contributed by atoms with Gasteiger partial charge >= 0.3 is 11.9 Å². The summed E-state index contributed by atoms with van der Waals surface area (Å²) < 4.78 is 15.1. The highest BCUT2D eigenvalue weighted by Gasteiger charge is 2.18. The van der Waals surface area contributed by atoms with Gasteiger partial charge in [-0.2, -0.15) is 0 Å². The van der Waals surface area contributed by atoms with Crippen LogP contribution in [0.3, 0.4) is 0 Å². The van der Waals surface area contributed by atoms with Crippen molar-refractivity contribution < 1.29 is 23.8 Å². The molecule has 1 aromatic carbocycles. The number of benzene rings is 1. The first-order valence-corrected chi connectivity index (χ1v) is 6.77. The van der Waals surface area contributed by atoms with Gasteiger partial charge in [0.1, 0.15) is 0 Å². The van der Waals surface area contributed by atoms with Gasteiger partial charge in [-0.3, -0.25) is 4.79 Å². The third kappa shape index (κ3) is 3.84. The molecule has 0 aliphatic heterocycles. The molecule has 5 nitrogen and oxygen atoms in total. The van der Waals surface area contributed by atoms with Crippen molar-refractivity contribution in [1.82, 2.24) is 0 Å². The number of rotatable bonds is 5. The van der Waals surface area contributed by atoms with Crippen LogP contribution in [0, 0.1) is 5.92 Å². The predicted molar refractivity (Wildman–Crippen MR) is 76.4 cm³/mol. The van der Waals surface area contributed by atoms with Crippen molar-refractivity contribution in [2.24, 2.45) is 5.92 Å². The second-order valence-corrected chi connectivity index (χ2v) is 4.80. The van der Waals surface area contributed by atoms with Gasteiger partial charge in [-0.1, -0.05) is 12.2 Å². The second kappa shape index (κ2) is 6.92. The second-order valence-electron chi connectivity index (χ2n) is 4.80. The molecule has 0 amide bonds. The van der Waals surface area contributed by atoms with Crippen molar-refractivity contribution in [3.05, 3.63) is 35.9 Å². The molecule has 0 radical (unpaired) electrons. The highest BCUT2D eigenvalue weighted by molar-refractivity contribution is 5.90. The van der Waals surface area contributed by atoms with Crippen LogP contribution in [0.25, 0.3) is 0 Å². The highest BCUT2D eigenvalue weighted by Crippen LogP contribution is 2.29. The monoisotopic (exact) mass is 290 g/mol. The van der Waals surface area contributed by atoms with Gasteiger partial charge in [0, 0.05) is 0 Å². The molecule has 0 heterocycles. The van der Waals surface area contributed by atoms with E-state index in [1.807, 2.05) is 6.08 Å². The smallest absolute Gasteiger partial charge is 0.337 e. The Kier molecular flexibility index (Phi) is 4.98. The number of allylic oxidation sites excluding steroid dienone is 2. The molecule has 0 saturated carbocycles. The number of hydrogen-bond acceptors (Lipinski definition) is 5. The standard InChI is InChI=1S/C16H18O5/c1-19-14-10-12(16(18)20-2)7-8-13(14)21-15(17)9-11-5-3-4-6-11/h3,5,7-8,10-11H,4,6,9H2,1-2H3. The van der Waals surface area contributed by atoms with Crippen molar-refractivity contribution in [2.75, 3.05) is 14.2 Å². The summed E-state index contributed by atoms with van der Waals surface area (Å²) >= 11 is 0. The molecule has 0 fully saturated rings. The molecule has 2 rings (SSSR count). The molecular formula is C16H18O5. The van der Waals surface area contributed by atoms with E-state index in [1.54, 1.807) is 0 Å². The van der Waals surface area contributed by atoms with E-state index in [1.165, 1.54) is 32.4 Å². The molecule has 1 aromatic rings. The number of carbonyl (C=O) groups excluding carboxylic acids is 2. The lowest BCUT2D eigenvalue weighted by molar-refractivity contribution is -0.135.